The number of aliphatic carboxylic acids is 3. The molecule has 0 fully saturated rings. The maximum atomic E-state index is 14.8. The van der Waals surface area contributed by atoms with Gasteiger partial charge in [-0.25, -0.2) is 0 Å². The molecule has 0 aliphatic heterocycles. The smallest absolute Gasteiger partial charge is 0.325 e. The van der Waals surface area contributed by atoms with Crippen LogP contribution in [0.4, 0.5) is 0 Å². The van der Waals surface area contributed by atoms with Gasteiger partial charge >= 0.3 is 17.9 Å². The molecule has 53 heteroatoms. The Morgan fingerprint density at radius 3 is 1.04 bits per heavy atom. The van der Waals surface area contributed by atoms with E-state index in [2.05, 4.69) is 95.7 Å². The summed E-state index contributed by atoms with van der Waals surface area (Å²) in [7, 11) is 0. The van der Waals surface area contributed by atoms with Crippen LogP contribution in [0.25, 0.3) is 0 Å². The molecule has 0 bridgehead atoms. The lowest BCUT2D eigenvalue weighted by atomic mass is 9.99. The number of amides is 17. The molecule has 0 aromatic heterocycles. The van der Waals surface area contributed by atoms with Gasteiger partial charge < -0.3 is 161 Å². The Balaban J connectivity index is 2.64. The highest BCUT2D eigenvalue weighted by atomic mass is 16.4. The van der Waals surface area contributed by atoms with Crippen molar-refractivity contribution in [1.82, 2.24) is 95.7 Å². The number of hydrogen-bond donors (Lipinski definition) is 33. The number of aliphatic hydroxyl groups excluding tert-OH is 2. The molecule has 53 nitrogen and oxygen atoms in total. The first-order valence-electron chi connectivity index (χ1n) is 43.6. The number of aromatic hydroxyl groups is 1. The molecule has 756 valence electrons. The van der Waals surface area contributed by atoms with E-state index in [4.69, 9.17) is 50.6 Å². The van der Waals surface area contributed by atoms with Gasteiger partial charge in [0.2, 0.25) is 100 Å². The Morgan fingerprint density at radius 2 is 0.669 bits per heavy atom. The molecule has 136 heavy (non-hydrogen) atoms. The zero-order valence-electron chi connectivity index (χ0n) is 76.8. The third-order valence-electron chi connectivity index (χ3n) is 20.2. The van der Waals surface area contributed by atoms with Crippen LogP contribution in [-0.4, -0.2) is 296 Å². The largest absolute Gasteiger partial charge is 0.508 e. The molecule has 2 aromatic carbocycles. The van der Waals surface area contributed by atoms with E-state index in [1.165, 1.54) is 57.2 Å². The first-order valence-corrected chi connectivity index (χ1v) is 43.6. The fraction of sp³-hybridized carbons (Fsp3) is 0.578. The van der Waals surface area contributed by atoms with Crippen LogP contribution in [0.5, 0.6) is 5.75 Å². The Labute approximate surface area is 782 Å². The summed E-state index contributed by atoms with van der Waals surface area (Å²) < 4.78 is 0. The molecule has 0 radical (unpaired) electrons. The number of carbonyl (C=O) groups excluding carboxylic acids is 17. The van der Waals surface area contributed by atoms with Gasteiger partial charge in [0.1, 0.15) is 96.4 Å². The average molecular weight is 1930 g/mol. The molecule has 0 aliphatic carbocycles. The molecule has 0 saturated heterocycles. The molecule has 0 unspecified atom stereocenters. The van der Waals surface area contributed by atoms with Gasteiger partial charge in [0.25, 0.3) is 0 Å². The monoisotopic (exact) mass is 1920 g/mol. The van der Waals surface area contributed by atoms with Crippen molar-refractivity contribution in [2.75, 3.05) is 32.8 Å². The Bertz CT molecular complexity index is 4470. The molecule has 17 amide bonds. The van der Waals surface area contributed by atoms with Gasteiger partial charge in [-0.2, -0.15) is 0 Å². The minimum atomic E-state index is -2.09. The van der Waals surface area contributed by atoms with Crippen molar-refractivity contribution in [1.29, 1.82) is 16.2 Å². The molecule has 39 N–H and O–H groups in total. The summed E-state index contributed by atoms with van der Waals surface area (Å²) in [6, 6.07) is -13.0. The van der Waals surface area contributed by atoms with E-state index in [-0.39, 0.29) is 83.2 Å². The van der Waals surface area contributed by atoms with Crippen LogP contribution in [-0.2, 0) is 109 Å². The van der Waals surface area contributed by atoms with Crippen molar-refractivity contribution in [3.05, 3.63) is 65.7 Å². The Hall–Kier alpha value is -14.7. The highest BCUT2D eigenvalue weighted by Gasteiger charge is 2.41. The summed E-state index contributed by atoms with van der Waals surface area (Å²) in [6.07, 6.45) is -8.73. The average Bonchev–Trinajstić information content (AvgIpc) is 0.846. The molecule has 0 heterocycles. The first kappa shape index (κ1) is 117. The number of benzene rings is 2. The summed E-state index contributed by atoms with van der Waals surface area (Å²) >= 11 is 0. The van der Waals surface area contributed by atoms with Crippen molar-refractivity contribution in [3.63, 3.8) is 0 Å². The number of guanidine groups is 3. The van der Waals surface area contributed by atoms with Gasteiger partial charge in [0.15, 0.2) is 17.9 Å². The number of carbonyl (C=O) groups is 20. The fourth-order valence-corrected chi connectivity index (χ4v) is 13.1. The van der Waals surface area contributed by atoms with E-state index in [9.17, 15) is 127 Å². The second kappa shape index (κ2) is 60.5. The lowest BCUT2D eigenvalue weighted by Crippen LogP contribution is -2.62. The minimum absolute atomic E-state index is 0.00893. The molecule has 16 atom stereocenters. The van der Waals surface area contributed by atoms with Gasteiger partial charge in [0.05, 0.1) is 32.1 Å². The second-order valence-corrected chi connectivity index (χ2v) is 33.2. The molecule has 0 aliphatic rings. The quantitative estimate of drug-likeness (QED) is 0.0166. The zero-order chi connectivity index (χ0) is 103. The summed E-state index contributed by atoms with van der Waals surface area (Å²) in [4.78, 5) is 273. The van der Waals surface area contributed by atoms with Crippen molar-refractivity contribution in [3.8, 4) is 5.75 Å². The number of aliphatic hydroxyl groups is 2. The standard InChI is InChI=1S/C83H133N27O26/c1-39(2)31-52(72(127)99-49(19-14-30-95-83(91)92)70(125)110-65(43(8)112)79(134)106-53(32-40(3)4)73(128)98-47(17-12-28-93-81(87)88)66(121)104-54(71(126)96-42(7)80(135)136)34-45-20-22-46(113)23-21-45)103-76(131)57(36-63(119)120)107-78(133)64(41(5)6)109-69(124)48(18-13-29-94-82(89)90)100-74(129)55(33-44-15-10-9-11-16-44)105-77(132)58(38-111)108-68(123)50(24-26-59(85)114)101-67(122)51(25-27-62(117)118)102-75(130)56(35-60(86)115)97-61(116)37-84/h9-11,15-16,20-23,39-43,47-58,64-65,111-113H,12-14,17-19,24-38,84H2,1-8H3,(H2,85,114)(H2,86,115)(H,96,126)(H,97,116)(H,98,128)(H,99,127)(H,100,129)(H,101,122)(H,102,130)(H,103,131)(H,104,121)(H,105,132)(H,106,134)(H,107,133)(H,108,123)(H,109,124)(H,110,125)(H,117,118)(H,119,120)(H,135,136)(H4,87,88,93)(H4,89,90,94)(H4,91,92,95)/t42-,43+,47-,48-,49-,50-,51-,52-,53-,54-,55-,56-,57-,58-,64-,65-/m0/s1. The molecule has 2 aromatic rings. The summed E-state index contributed by atoms with van der Waals surface area (Å²) in [5.74, 6) is -27.5. The van der Waals surface area contributed by atoms with E-state index in [1.807, 2.05) is 0 Å². The Morgan fingerprint density at radius 1 is 0.346 bits per heavy atom. The lowest BCUT2D eigenvalue weighted by molar-refractivity contribution is -0.142. The highest BCUT2D eigenvalue weighted by Crippen LogP contribution is 2.17. The number of nitrogens with one attached hydrogen (secondary N) is 21. The van der Waals surface area contributed by atoms with Gasteiger partial charge in [-0.3, -0.25) is 112 Å². The van der Waals surface area contributed by atoms with Crippen LogP contribution in [0.15, 0.2) is 54.6 Å². The predicted molar refractivity (Wildman–Crippen MR) is 485 cm³/mol. The van der Waals surface area contributed by atoms with Crippen LogP contribution in [0.1, 0.15) is 156 Å². The van der Waals surface area contributed by atoms with E-state index in [0.717, 1.165) is 6.92 Å². The number of phenols is 1. The lowest BCUT2D eigenvalue weighted by Gasteiger charge is -2.30. The first-order chi connectivity index (χ1) is 63.7. The van der Waals surface area contributed by atoms with Crippen molar-refractivity contribution in [2.24, 2.45) is 52.2 Å². The topological polar surface area (TPSA) is 907 Å². The molecular weight excluding hydrogens is 1790 g/mol. The van der Waals surface area contributed by atoms with Crippen LogP contribution in [0.3, 0.4) is 0 Å². The van der Waals surface area contributed by atoms with Crippen LogP contribution in [0, 0.1) is 34.0 Å². The maximum absolute atomic E-state index is 14.8. The number of hydrogen-bond acceptors (Lipinski definition) is 27. The normalized spacial score (nSPS) is 14.5. The number of nitrogens with two attached hydrogens (primary N) is 6. The Kier molecular flexibility index (Phi) is 52.2. The van der Waals surface area contributed by atoms with Crippen LogP contribution < -0.4 is 130 Å². The third-order valence-corrected chi connectivity index (χ3v) is 20.2. The number of carboxylic acid groups (broad SMARTS) is 3. The van der Waals surface area contributed by atoms with Crippen LogP contribution in [0.2, 0.25) is 0 Å². The third kappa shape index (κ3) is 46.1. The maximum Gasteiger partial charge on any atom is 0.325 e. The van der Waals surface area contributed by atoms with E-state index < -0.39 is 309 Å². The summed E-state index contributed by atoms with van der Waals surface area (Å²) in [5, 5.41) is 127. The van der Waals surface area contributed by atoms with E-state index in [1.54, 1.807) is 45.9 Å². The van der Waals surface area contributed by atoms with E-state index >= 15 is 0 Å². The van der Waals surface area contributed by atoms with Crippen molar-refractivity contribution >= 4 is 136 Å². The van der Waals surface area contributed by atoms with Gasteiger partial charge in [-0.15, -0.1) is 0 Å². The second-order valence-electron chi connectivity index (χ2n) is 33.2. The molecular formula is C83H133N27O26. The highest BCUT2D eigenvalue weighted by molar-refractivity contribution is 6.02. The SMILES string of the molecule is CC(C)C[C@H](NC(=O)[C@H](CC(=O)O)NC(=O)[C@@H](NC(=O)[C@H](CCCNC(=N)N)NC(=O)[C@H](Cc1ccccc1)NC(=O)[C@H](CO)NC(=O)[C@H](CCC(N)=O)NC(=O)[C@H](CCC(=O)O)NC(=O)[C@H](CC(N)=O)NC(=O)CN)C(C)C)C(=O)N[C@@H](CCCNC(=N)N)C(=O)N[C@H](C(=O)N[C@@H](CC(C)C)C(=O)N[C@@H](CCCNC(=N)N)C(=O)N[C@@H](Cc1ccc(O)cc1)C(=O)N[C@@H](C)C(=O)O)[C@@H](C)O. The summed E-state index contributed by atoms with van der Waals surface area (Å²) in [5.41, 5.74) is 33.2. The minimum Gasteiger partial charge on any atom is -0.508 e. The van der Waals surface area contributed by atoms with E-state index in [0.29, 0.717) is 11.1 Å². The number of carboxylic acids is 3. The molecule has 2 rings (SSSR count). The fourth-order valence-electron chi connectivity index (χ4n) is 13.1. The van der Waals surface area contributed by atoms with Gasteiger partial charge in [0, 0.05) is 45.3 Å². The number of primary amides is 2. The summed E-state index contributed by atoms with van der Waals surface area (Å²) in [6.45, 7) is 9.50. The van der Waals surface area contributed by atoms with Crippen molar-refractivity contribution in [2.45, 2.75) is 255 Å². The molecule has 0 spiro atoms. The van der Waals surface area contributed by atoms with Gasteiger partial charge in [-0.05, 0) is 119 Å². The van der Waals surface area contributed by atoms with Gasteiger partial charge in [-0.1, -0.05) is 84.0 Å². The zero-order valence-corrected chi connectivity index (χ0v) is 76.8. The number of phenolic OH excluding ortho intramolecular Hbond substituents is 1. The predicted octanol–water partition coefficient (Wildman–Crippen LogP) is -10.1. The number of rotatable bonds is 64. The molecule has 0 saturated carbocycles. The van der Waals surface area contributed by atoms with Crippen molar-refractivity contribution < 1.29 is 127 Å². The van der Waals surface area contributed by atoms with Crippen LogP contribution >= 0.6 is 0 Å².